The van der Waals surface area contributed by atoms with Crippen LogP contribution in [-0.2, 0) is 10.0 Å². The predicted molar refractivity (Wildman–Crippen MR) is 102 cm³/mol. The van der Waals surface area contributed by atoms with E-state index in [0.29, 0.717) is 27.8 Å². The summed E-state index contributed by atoms with van der Waals surface area (Å²) in [6.07, 6.45) is 0. The molecule has 0 saturated heterocycles. The number of nitrogens with one attached hydrogen (secondary N) is 1. The highest BCUT2D eigenvalue weighted by Gasteiger charge is 2.23. The molecule has 7 nitrogen and oxygen atoms in total. The molecular weight excluding hydrogens is 392 g/mol. The van der Waals surface area contributed by atoms with Crippen molar-refractivity contribution in [2.45, 2.75) is 11.8 Å². The molecule has 0 unspecified atom stereocenters. The first kappa shape index (κ1) is 19.1. The Bertz CT molecular complexity index is 1080. The minimum Gasteiger partial charge on any atom is -0.495 e. The summed E-state index contributed by atoms with van der Waals surface area (Å²) in [6, 6.07) is 11.1. The minimum absolute atomic E-state index is 0.0569. The highest BCUT2D eigenvalue weighted by molar-refractivity contribution is 7.92. The molecule has 0 aliphatic carbocycles. The van der Waals surface area contributed by atoms with Crippen LogP contribution in [0.25, 0.3) is 11.3 Å². The summed E-state index contributed by atoms with van der Waals surface area (Å²) in [4.78, 5) is -0.0569. The smallest absolute Gasteiger partial charge is 0.265 e. The second kappa shape index (κ2) is 7.50. The minimum atomic E-state index is -4.00. The van der Waals surface area contributed by atoms with E-state index in [0.717, 1.165) is 0 Å². The van der Waals surface area contributed by atoms with Gasteiger partial charge in [-0.05, 0) is 43.3 Å². The molecule has 0 radical (unpaired) electrons. The Morgan fingerprint density at radius 1 is 1.04 bits per heavy atom. The van der Waals surface area contributed by atoms with Crippen molar-refractivity contribution >= 4 is 27.3 Å². The Balaban J connectivity index is 2.07. The fraction of sp³-hybridized carbons (Fsp3) is 0.167. The molecule has 1 heterocycles. The highest BCUT2D eigenvalue weighted by Crippen LogP contribution is 2.34. The Hall–Kier alpha value is -2.71. The van der Waals surface area contributed by atoms with Gasteiger partial charge < -0.3 is 14.0 Å². The van der Waals surface area contributed by atoms with E-state index in [4.69, 9.17) is 25.6 Å². The quantitative estimate of drug-likeness (QED) is 0.659. The number of sulfonamides is 1. The molecule has 0 amide bonds. The van der Waals surface area contributed by atoms with E-state index in [9.17, 15) is 8.42 Å². The molecule has 0 bridgehead atoms. The summed E-state index contributed by atoms with van der Waals surface area (Å²) in [7, 11) is -1.17. The fourth-order valence-corrected chi connectivity index (χ4v) is 3.93. The van der Waals surface area contributed by atoms with Gasteiger partial charge in [-0.15, -0.1) is 0 Å². The normalized spacial score (nSPS) is 11.3. The fourth-order valence-electron chi connectivity index (χ4n) is 2.50. The van der Waals surface area contributed by atoms with Crippen molar-refractivity contribution in [1.29, 1.82) is 0 Å². The molecule has 142 valence electrons. The number of hydrogen-bond donors (Lipinski definition) is 1. The molecule has 0 spiro atoms. The molecule has 2 aromatic carbocycles. The number of halogens is 1. The van der Waals surface area contributed by atoms with Crippen molar-refractivity contribution in [2.24, 2.45) is 0 Å². The third kappa shape index (κ3) is 4.01. The Labute approximate surface area is 161 Å². The van der Waals surface area contributed by atoms with Gasteiger partial charge in [0.25, 0.3) is 10.0 Å². The lowest BCUT2D eigenvalue weighted by Gasteiger charge is -2.14. The van der Waals surface area contributed by atoms with Gasteiger partial charge in [0.1, 0.15) is 16.4 Å². The monoisotopic (exact) mass is 408 g/mol. The Kier molecular flexibility index (Phi) is 5.29. The number of hydrogen-bond acceptors (Lipinski definition) is 6. The summed E-state index contributed by atoms with van der Waals surface area (Å²) < 4.78 is 44.2. The maximum absolute atomic E-state index is 13.0. The molecule has 3 aromatic rings. The molecule has 0 fully saturated rings. The lowest BCUT2D eigenvalue weighted by atomic mass is 10.1. The number of nitrogens with zero attached hydrogens (tertiary/aromatic N) is 1. The third-order valence-corrected chi connectivity index (χ3v) is 5.39. The van der Waals surface area contributed by atoms with Gasteiger partial charge >= 0.3 is 0 Å². The molecule has 0 aliphatic heterocycles. The van der Waals surface area contributed by atoms with Crippen LogP contribution >= 0.6 is 11.6 Å². The topological polar surface area (TPSA) is 90.7 Å². The first-order chi connectivity index (χ1) is 12.8. The van der Waals surface area contributed by atoms with Crippen LogP contribution in [0.4, 0.5) is 5.69 Å². The average molecular weight is 409 g/mol. The van der Waals surface area contributed by atoms with Crippen molar-refractivity contribution in [3.05, 3.63) is 53.2 Å². The molecule has 27 heavy (non-hydrogen) atoms. The van der Waals surface area contributed by atoms with Crippen LogP contribution in [0.3, 0.4) is 0 Å². The third-order valence-electron chi connectivity index (χ3n) is 3.77. The number of rotatable bonds is 6. The van der Waals surface area contributed by atoms with Crippen molar-refractivity contribution in [3.8, 4) is 22.8 Å². The molecule has 0 atom stereocenters. The zero-order valence-electron chi connectivity index (χ0n) is 14.8. The van der Waals surface area contributed by atoms with E-state index in [1.807, 2.05) is 0 Å². The Morgan fingerprint density at radius 2 is 1.74 bits per heavy atom. The van der Waals surface area contributed by atoms with Gasteiger partial charge in [0.15, 0.2) is 5.76 Å². The van der Waals surface area contributed by atoms with E-state index < -0.39 is 10.0 Å². The molecule has 1 N–H and O–H groups in total. The van der Waals surface area contributed by atoms with Crippen molar-refractivity contribution in [1.82, 2.24) is 5.16 Å². The van der Waals surface area contributed by atoms with E-state index in [1.165, 1.54) is 26.4 Å². The predicted octanol–water partition coefficient (Wildman–Crippen LogP) is 4.12. The number of benzene rings is 2. The summed E-state index contributed by atoms with van der Waals surface area (Å²) in [5.41, 5.74) is 1.45. The molecule has 1 aromatic heterocycles. The first-order valence-electron chi connectivity index (χ1n) is 7.82. The lowest BCUT2D eigenvalue weighted by Crippen LogP contribution is -2.15. The SMILES string of the molecule is COc1ccc(Cl)cc1NS(=O)(=O)c1cc(-c2cc(C)no2)ccc1OC. The molecule has 0 saturated carbocycles. The number of ether oxygens (including phenoxy) is 2. The zero-order chi connectivity index (χ0) is 19.6. The lowest BCUT2D eigenvalue weighted by molar-refractivity contribution is 0.402. The number of aromatic nitrogens is 1. The largest absolute Gasteiger partial charge is 0.495 e. The van der Waals surface area contributed by atoms with E-state index in [2.05, 4.69) is 9.88 Å². The van der Waals surface area contributed by atoms with Crippen molar-refractivity contribution in [3.63, 3.8) is 0 Å². The molecule has 9 heteroatoms. The van der Waals surface area contributed by atoms with Crippen LogP contribution in [0.1, 0.15) is 5.69 Å². The van der Waals surface area contributed by atoms with Crippen molar-refractivity contribution < 1.29 is 22.4 Å². The van der Waals surface area contributed by atoms with Gasteiger partial charge in [-0.1, -0.05) is 16.8 Å². The summed E-state index contributed by atoms with van der Waals surface area (Å²) in [5, 5.41) is 4.19. The standard InChI is InChI=1S/C18H17ClN2O5S/c1-11-8-17(26-20-11)12-4-6-16(25-3)18(9-12)27(22,23)21-14-10-13(19)5-7-15(14)24-2/h4-10,21H,1-3H3. The number of methoxy groups -OCH3 is 2. The van der Waals surface area contributed by atoms with Gasteiger partial charge in [-0.3, -0.25) is 4.72 Å². The van der Waals surface area contributed by atoms with Gasteiger partial charge in [-0.2, -0.15) is 0 Å². The average Bonchev–Trinajstić information content (AvgIpc) is 3.07. The van der Waals surface area contributed by atoms with Crippen LogP contribution < -0.4 is 14.2 Å². The van der Waals surface area contributed by atoms with Crippen LogP contribution in [0.15, 0.2) is 51.9 Å². The van der Waals surface area contributed by atoms with Crippen LogP contribution in [0.2, 0.25) is 5.02 Å². The summed E-state index contributed by atoms with van der Waals surface area (Å²) >= 11 is 5.98. The van der Waals surface area contributed by atoms with E-state index >= 15 is 0 Å². The number of aryl methyl sites for hydroxylation is 1. The molecule has 0 aliphatic rings. The van der Waals surface area contributed by atoms with Crippen LogP contribution in [-0.4, -0.2) is 27.8 Å². The number of anilines is 1. The van der Waals surface area contributed by atoms with E-state index in [1.54, 1.807) is 37.3 Å². The van der Waals surface area contributed by atoms with Gasteiger partial charge in [-0.25, -0.2) is 8.42 Å². The Morgan fingerprint density at radius 3 is 2.37 bits per heavy atom. The zero-order valence-corrected chi connectivity index (χ0v) is 16.4. The van der Waals surface area contributed by atoms with Gasteiger partial charge in [0, 0.05) is 16.7 Å². The van der Waals surface area contributed by atoms with Crippen LogP contribution in [0.5, 0.6) is 11.5 Å². The highest BCUT2D eigenvalue weighted by atomic mass is 35.5. The summed E-state index contributed by atoms with van der Waals surface area (Å²) in [5.74, 6) is 0.972. The maximum atomic E-state index is 13.0. The second-order valence-corrected chi connectivity index (χ2v) is 7.74. The maximum Gasteiger partial charge on any atom is 0.265 e. The molecule has 3 rings (SSSR count). The van der Waals surface area contributed by atoms with Crippen molar-refractivity contribution in [2.75, 3.05) is 18.9 Å². The molecular formula is C18H17ClN2O5S. The van der Waals surface area contributed by atoms with Gasteiger partial charge in [0.2, 0.25) is 0 Å². The van der Waals surface area contributed by atoms with E-state index in [-0.39, 0.29) is 16.3 Å². The first-order valence-corrected chi connectivity index (χ1v) is 9.68. The van der Waals surface area contributed by atoms with Gasteiger partial charge in [0.05, 0.1) is 25.6 Å². The summed E-state index contributed by atoms with van der Waals surface area (Å²) in [6.45, 7) is 1.78. The van der Waals surface area contributed by atoms with Crippen LogP contribution in [0, 0.1) is 6.92 Å². The second-order valence-electron chi connectivity index (χ2n) is 5.65.